The number of nitrogens with zero attached hydrogens (tertiary/aromatic N) is 3. The first-order valence-corrected chi connectivity index (χ1v) is 7.63. The van der Waals surface area contributed by atoms with Crippen LogP contribution in [0.1, 0.15) is 24.8 Å². The van der Waals surface area contributed by atoms with Crippen LogP contribution < -0.4 is 5.32 Å². The largest absolute Gasteiger partial charge is 0.379 e. The van der Waals surface area contributed by atoms with Crippen molar-refractivity contribution >= 4 is 16.6 Å². The monoisotopic (exact) mass is 278 g/mol. The maximum Gasteiger partial charge on any atom is 0.103 e. The van der Waals surface area contributed by atoms with Gasteiger partial charge in [0.05, 0.1) is 16.8 Å². The second-order valence-electron chi connectivity index (χ2n) is 6.03. The zero-order chi connectivity index (χ0) is 14.2. The van der Waals surface area contributed by atoms with Crippen LogP contribution >= 0.6 is 0 Å². The topological polar surface area (TPSA) is 52.0 Å². The molecule has 106 valence electrons. The molecule has 1 saturated heterocycles. The summed E-state index contributed by atoms with van der Waals surface area (Å²) in [6.07, 6.45) is 5.54. The van der Waals surface area contributed by atoms with Gasteiger partial charge >= 0.3 is 0 Å². The number of hydrogen-bond donors (Lipinski definition) is 1. The van der Waals surface area contributed by atoms with E-state index < -0.39 is 0 Å². The number of pyridine rings is 1. The summed E-state index contributed by atoms with van der Waals surface area (Å²) in [5.74, 6) is 0. The van der Waals surface area contributed by atoms with Crippen molar-refractivity contribution in [2.75, 3.05) is 18.4 Å². The molecule has 1 aromatic carbocycles. The number of para-hydroxylation sites is 1. The Morgan fingerprint density at radius 2 is 2.10 bits per heavy atom. The molecule has 21 heavy (non-hydrogen) atoms. The number of rotatable bonds is 3. The minimum atomic E-state index is 0.434. The lowest BCUT2D eigenvalue weighted by Crippen LogP contribution is -2.28. The molecule has 4 heteroatoms. The van der Waals surface area contributed by atoms with Crippen LogP contribution in [-0.2, 0) is 0 Å². The van der Waals surface area contributed by atoms with E-state index in [0.29, 0.717) is 11.6 Å². The highest BCUT2D eigenvalue weighted by Gasteiger charge is 2.34. The summed E-state index contributed by atoms with van der Waals surface area (Å²) in [5, 5.41) is 14.0. The Bertz CT molecular complexity index is 714. The first-order chi connectivity index (χ1) is 10.3. The third-order valence-electron chi connectivity index (χ3n) is 4.53. The van der Waals surface area contributed by atoms with Crippen molar-refractivity contribution in [3.05, 3.63) is 36.0 Å². The van der Waals surface area contributed by atoms with Crippen LogP contribution in [0.4, 0.5) is 5.69 Å². The Balaban J connectivity index is 1.64. The summed E-state index contributed by atoms with van der Waals surface area (Å²) in [5.41, 5.74) is 2.53. The number of nitriles is 1. The number of nitrogens with one attached hydrogen (secondary N) is 1. The van der Waals surface area contributed by atoms with Crippen molar-refractivity contribution in [2.45, 2.75) is 31.3 Å². The summed E-state index contributed by atoms with van der Waals surface area (Å²) in [7, 11) is 0. The minimum absolute atomic E-state index is 0.434. The zero-order valence-corrected chi connectivity index (χ0v) is 11.9. The molecule has 0 bridgehead atoms. The molecule has 2 fully saturated rings. The van der Waals surface area contributed by atoms with E-state index in [2.05, 4.69) is 21.3 Å². The molecule has 2 aromatic rings. The van der Waals surface area contributed by atoms with Gasteiger partial charge in [-0.25, -0.2) is 0 Å². The Kier molecular flexibility index (Phi) is 3.01. The molecule has 4 rings (SSSR count). The van der Waals surface area contributed by atoms with Crippen LogP contribution in [-0.4, -0.2) is 35.1 Å². The van der Waals surface area contributed by atoms with Gasteiger partial charge in [-0.3, -0.25) is 9.88 Å². The van der Waals surface area contributed by atoms with Gasteiger partial charge in [0.15, 0.2) is 0 Å². The van der Waals surface area contributed by atoms with Crippen LogP contribution in [0, 0.1) is 11.3 Å². The van der Waals surface area contributed by atoms with E-state index in [-0.39, 0.29) is 0 Å². The van der Waals surface area contributed by atoms with Crippen LogP contribution in [0.3, 0.4) is 0 Å². The summed E-state index contributed by atoms with van der Waals surface area (Å²) in [6.45, 7) is 2.26. The number of likely N-dealkylation sites (tertiary alicyclic amines) is 1. The van der Waals surface area contributed by atoms with Gasteiger partial charge in [0.25, 0.3) is 0 Å². The molecule has 1 atom stereocenters. The highest BCUT2D eigenvalue weighted by atomic mass is 15.2. The first-order valence-electron chi connectivity index (χ1n) is 7.63. The van der Waals surface area contributed by atoms with Gasteiger partial charge in [0, 0.05) is 36.8 Å². The summed E-state index contributed by atoms with van der Waals surface area (Å²) in [4.78, 5) is 6.94. The van der Waals surface area contributed by atoms with Crippen molar-refractivity contribution < 1.29 is 0 Å². The van der Waals surface area contributed by atoms with Gasteiger partial charge < -0.3 is 5.32 Å². The molecule has 1 unspecified atom stereocenters. The van der Waals surface area contributed by atoms with Gasteiger partial charge in [-0.05, 0) is 25.3 Å². The standard InChI is InChI=1S/C17H18N4/c18-9-12-10-19-16-4-2-1-3-15(16)17(12)20-13-7-8-21(11-13)14-5-6-14/h1-4,10,13-14H,5-8,11H2,(H,19,20). The predicted octanol–water partition coefficient (Wildman–Crippen LogP) is 2.76. The fourth-order valence-electron chi connectivity index (χ4n) is 3.26. The average molecular weight is 278 g/mol. The molecular formula is C17H18N4. The van der Waals surface area contributed by atoms with Crippen molar-refractivity contribution in [1.82, 2.24) is 9.88 Å². The molecule has 2 heterocycles. The molecule has 4 nitrogen and oxygen atoms in total. The summed E-state index contributed by atoms with van der Waals surface area (Å²) in [6, 6.07) is 11.5. The fraction of sp³-hybridized carbons (Fsp3) is 0.412. The normalized spacial score (nSPS) is 22.3. The fourth-order valence-corrected chi connectivity index (χ4v) is 3.26. The number of benzene rings is 1. The van der Waals surface area contributed by atoms with E-state index in [1.807, 2.05) is 24.3 Å². The molecule has 0 radical (unpaired) electrons. The maximum atomic E-state index is 9.36. The van der Waals surface area contributed by atoms with Crippen LogP contribution in [0.15, 0.2) is 30.5 Å². The van der Waals surface area contributed by atoms with E-state index in [0.717, 1.165) is 35.6 Å². The van der Waals surface area contributed by atoms with E-state index >= 15 is 0 Å². The van der Waals surface area contributed by atoms with E-state index in [1.165, 1.54) is 19.4 Å². The number of hydrogen-bond acceptors (Lipinski definition) is 4. The molecule has 1 N–H and O–H groups in total. The molecule has 0 spiro atoms. The highest BCUT2D eigenvalue weighted by Crippen LogP contribution is 2.32. The van der Waals surface area contributed by atoms with Gasteiger partial charge in [-0.2, -0.15) is 5.26 Å². The van der Waals surface area contributed by atoms with E-state index in [4.69, 9.17) is 0 Å². The second kappa shape index (κ2) is 5.01. The zero-order valence-electron chi connectivity index (χ0n) is 11.9. The van der Waals surface area contributed by atoms with Gasteiger partial charge in [-0.1, -0.05) is 18.2 Å². The van der Waals surface area contributed by atoms with Crippen molar-refractivity contribution in [3.63, 3.8) is 0 Å². The number of fused-ring (bicyclic) bond motifs is 1. The summed E-state index contributed by atoms with van der Waals surface area (Å²) >= 11 is 0. The third kappa shape index (κ3) is 2.34. The van der Waals surface area contributed by atoms with Crippen molar-refractivity contribution in [1.29, 1.82) is 5.26 Å². The second-order valence-corrected chi connectivity index (χ2v) is 6.03. The Hall–Kier alpha value is -2.12. The third-order valence-corrected chi connectivity index (χ3v) is 4.53. The molecule has 1 aliphatic heterocycles. The van der Waals surface area contributed by atoms with Crippen LogP contribution in [0.2, 0.25) is 0 Å². The molecule has 1 saturated carbocycles. The summed E-state index contributed by atoms with van der Waals surface area (Å²) < 4.78 is 0. The van der Waals surface area contributed by atoms with Crippen LogP contribution in [0.25, 0.3) is 10.9 Å². The predicted molar refractivity (Wildman–Crippen MR) is 83.1 cm³/mol. The van der Waals surface area contributed by atoms with Crippen molar-refractivity contribution in [3.8, 4) is 6.07 Å². The lowest BCUT2D eigenvalue weighted by molar-refractivity contribution is 0.326. The molecular weight excluding hydrogens is 260 g/mol. The smallest absolute Gasteiger partial charge is 0.103 e. The molecule has 0 amide bonds. The Labute approximate surface area is 124 Å². The number of aromatic nitrogens is 1. The van der Waals surface area contributed by atoms with E-state index in [9.17, 15) is 5.26 Å². The van der Waals surface area contributed by atoms with Gasteiger partial charge in [0.2, 0.25) is 0 Å². The molecule has 2 aliphatic rings. The quantitative estimate of drug-likeness (QED) is 0.938. The lowest BCUT2D eigenvalue weighted by atomic mass is 10.1. The SMILES string of the molecule is N#Cc1cnc2ccccc2c1NC1CCN(C2CC2)C1. The lowest BCUT2D eigenvalue weighted by Gasteiger charge is -2.18. The highest BCUT2D eigenvalue weighted by molar-refractivity contribution is 5.93. The molecule has 1 aliphatic carbocycles. The average Bonchev–Trinajstić information content (AvgIpc) is 3.28. The van der Waals surface area contributed by atoms with E-state index in [1.54, 1.807) is 6.20 Å². The van der Waals surface area contributed by atoms with Crippen LogP contribution in [0.5, 0.6) is 0 Å². The van der Waals surface area contributed by atoms with Crippen molar-refractivity contribution in [2.24, 2.45) is 0 Å². The number of anilines is 1. The Morgan fingerprint density at radius 1 is 1.24 bits per heavy atom. The van der Waals surface area contributed by atoms with Gasteiger partial charge in [-0.15, -0.1) is 0 Å². The minimum Gasteiger partial charge on any atom is -0.379 e. The first kappa shape index (κ1) is 12.6. The maximum absolute atomic E-state index is 9.36. The molecule has 1 aromatic heterocycles. The Morgan fingerprint density at radius 3 is 2.90 bits per heavy atom. The van der Waals surface area contributed by atoms with Gasteiger partial charge in [0.1, 0.15) is 6.07 Å².